The van der Waals surface area contributed by atoms with Gasteiger partial charge in [-0.2, -0.15) is 0 Å². The first-order valence-corrected chi connectivity index (χ1v) is 8.55. The standard InChI is InChI=1S/C15H26ClN7O/c1-2-3-4-5-6-7-8-9-20-15(19)23-14(24)10-12(17)22-13(18)11(16)21-10/h2-9H2,1H3,(H4,17,18,22)(H3,19,20,23,24). The third-order valence-corrected chi connectivity index (χ3v) is 3.72. The third-order valence-electron chi connectivity index (χ3n) is 3.44. The minimum atomic E-state index is -0.654. The molecular formula is C15H26ClN7O. The van der Waals surface area contributed by atoms with Gasteiger partial charge in [0.05, 0.1) is 0 Å². The summed E-state index contributed by atoms with van der Waals surface area (Å²) in [5.41, 5.74) is 10.9. The molecule has 0 atom stereocenters. The van der Waals surface area contributed by atoms with Crippen LogP contribution in [0.4, 0.5) is 11.6 Å². The van der Waals surface area contributed by atoms with Gasteiger partial charge in [-0.3, -0.25) is 15.5 Å². The number of guanidine groups is 1. The molecule has 0 aliphatic rings. The highest BCUT2D eigenvalue weighted by Gasteiger charge is 2.16. The first kappa shape index (κ1) is 20.0. The molecule has 1 amide bonds. The van der Waals surface area contributed by atoms with Crippen LogP contribution in [0.1, 0.15) is 62.4 Å². The number of nitrogens with two attached hydrogens (primary N) is 2. The molecule has 0 radical (unpaired) electrons. The molecule has 9 heteroatoms. The first-order valence-electron chi connectivity index (χ1n) is 8.18. The lowest BCUT2D eigenvalue weighted by Crippen LogP contribution is -2.41. The number of anilines is 2. The van der Waals surface area contributed by atoms with Crippen LogP contribution in [-0.4, -0.2) is 28.4 Å². The molecule has 0 spiro atoms. The Morgan fingerprint density at radius 1 is 1.08 bits per heavy atom. The maximum absolute atomic E-state index is 12.0. The summed E-state index contributed by atoms with van der Waals surface area (Å²) in [7, 11) is 0. The van der Waals surface area contributed by atoms with Crippen LogP contribution in [0.25, 0.3) is 0 Å². The number of nitrogens with one attached hydrogen (secondary N) is 3. The summed E-state index contributed by atoms with van der Waals surface area (Å²) >= 11 is 5.73. The van der Waals surface area contributed by atoms with E-state index in [0.717, 1.165) is 12.8 Å². The van der Waals surface area contributed by atoms with E-state index < -0.39 is 5.91 Å². The molecule has 134 valence electrons. The van der Waals surface area contributed by atoms with Crippen molar-refractivity contribution >= 4 is 35.1 Å². The van der Waals surface area contributed by atoms with E-state index in [4.69, 9.17) is 28.5 Å². The summed E-state index contributed by atoms with van der Waals surface area (Å²) in [6.45, 7) is 2.82. The Balaban J connectivity index is 2.28. The summed E-state index contributed by atoms with van der Waals surface area (Å²) in [6, 6.07) is 0. The number of hydrogen-bond donors (Lipinski definition) is 5. The molecule has 8 nitrogen and oxygen atoms in total. The molecule has 1 aromatic heterocycles. The number of nitrogens with zero attached hydrogens (tertiary/aromatic N) is 2. The largest absolute Gasteiger partial charge is 0.382 e. The van der Waals surface area contributed by atoms with Crippen molar-refractivity contribution in [2.45, 2.75) is 51.9 Å². The van der Waals surface area contributed by atoms with E-state index in [1.54, 1.807) is 0 Å². The second kappa shape index (κ2) is 10.6. The molecule has 0 aromatic carbocycles. The Kier molecular flexibility index (Phi) is 8.85. The number of amides is 1. The fourth-order valence-corrected chi connectivity index (χ4v) is 2.25. The summed E-state index contributed by atoms with van der Waals surface area (Å²) in [5, 5.41) is 12.8. The average Bonchev–Trinajstić information content (AvgIpc) is 2.53. The van der Waals surface area contributed by atoms with Gasteiger partial charge in [0.2, 0.25) is 0 Å². The van der Waals surface area contributed by atoms with E-state index in [0.29, 0.717) is 6.54 Å². The monoisotopic (exact) mass is 355 g/mol. The minimum absolute atomic E-state index is 0.0437. The number of carbonyl (C=O) groups excluding carboxylic acids is 1. The lowest BCUT2D eigenvalue weighted by atomic mass is 10.1. The van der Waals surface area contributed by atoms with Crippen LogP contribution in [0.3, 0.4) is 0 Å². The zero-order chi connectivity index (χ0) is 17.9. The van der Waals surface area contributed by atoms with Gasteiger partial charge in [-0.1, -0.05) is 57.0 Å². The van der Waals surface area contributed by atoms with Gasteiger partial charge in [0.25, 0.3) is 5.91 Å². The van der Waals surface area contributed by atoms with Gasteiger partial charge in [-0.05, 0) is 6.42 Å². The number of halogens is 1. The molecule has 0 fully saturated rings. The zero-order valence-electron chi connectivity index (χ0n) is 14.0. The van der Waals surface area contributed by atoms with Crippen molar-refractivity contribution in [2.24, 2.45) is 0 Å². The normalized spacial score (nSPS) is 10.4. The van der Waals surface area contributed by atoms with Gasteiger partial charge >= 0.3 is 0 Å². The molecule has 0 saturated carbocycles. The highest BCUT2D eigenvalue weighted by molar-refractivity contribution is 6.31. The van der Waals surface area contributed by atoms with Crippen LogP contribution >= 0.6 is 11.6 Å². The summed E-state index contributed by atoms with van der Waals surface area (Å²) in [5.74, 6) is -0.939. The van der Waals surface area contributed by atoms with Gasteiger partial charge in [-0.25, -0.2) is 9.97 Å². The minimum Gasteiger partial charge on any atom is -0.382 e. The van der Waals surface area contributed by atoms with Crippen LogP contribution in [0.2, 0.25) is 5.15 Å². The van der Waals surface area contributed by atoms with Crippen molar-refractivity contribution in [1.82, 2.24) is 20.6 Å². The Hall–Kier alpha value is -2.09. The Morgan fingerprint density at radius 3 is 2.38 bits per heavy atom. The zero-order valence-corrected chi connectivity index (χ0v) is 14.7. The molecule has 24 heavy (non-hydrogen) atoms. The maximum atomic E-state index is 12.0. The van der Waals surface area contributed by atoms with Gasteiger partial charge in [0, 0.05) is 6.54 Å². The Labute approximate surface area is 147 Å². The maximum Gasteiger partial charge on any atom is 0.280 e. The Morgan fingerprint density at radius 2 is 1.71 bits per heavy atom. The Bertz CT molecular complexity index is 565. The number of carbonyl (C=O) groups is 1. The van der Waals surface area contributed by atoms with Crippen molar-refractivity contribution in [1.29, 1.82) is 5.41 Å². The van der Waals surface area contributed by atoms with Crippen molar-refractivity contribution in [3.05, 3.63) is 10.8 Å². The topological polar surface area (TPSA) is 143 Å². The van der Waals surface area contributed by atoms with Crippen LogP contribution in [0, 0.1) is 5.41 Å². The number of hydrogen-bond acceptors (Lipinski definition) is 6. The lowest BCUT2D eigenvalue weighted by molar-refractivity contribution is 0.0971. The molecule has 1 heterocycles. The van der Waals surface area contributed by atoms with Crippen LogP contribution < -0.4 is 22.1 Å². The molecule has 0 aliphatic carbocycles. The molecule has 1 rings (SSSR count). The van der Waals surface area contributed by atoms with E-state index in [9.17, 15) is 4.79 Å². The SMILES string of the molecule is CCCCCCCCCNC(=N)NC(=O)c1nc(Cl)c(N)nc1N. The second-order valence-corrected chi connectivity index (χ2v) is 5.87. The van der Waals surface area contributed by atoms with Crippen LogP contribution in [0.5, 0.6) is 0 Å². The highest BCUT2D eigenvalue weighted by atomic mass is 35.5. The van der Waals surface area contributed by atoms with Crippen LogP contribution in [-0.2, 0) is 0 Å². The average molecular weight is 356 g/mol. The van der Waals surface area contributed by atoms with Crippen molar-refractivity contribution in [3.8, 4) is 0 Å². The predicted molar refractivity (Wildman–Crippen MR) is 97.1 cm³/mol. The van der Waals surface area contributed by atoms with Gasteiger partial charge < -0.3 is 16.8 Å². The molecular weight excluding hydrogens is 330 g/mol. The fourth-order valence-electron chi connectivity index (χ4n) is 2.12. The smallest absolute Gasteiger partial charge is 0.280 e. The summed E-state index contributed by atoms with van der Waals surface area (Å²) in [6.07, 6.45) is 8.30. The van der Waals surface area contributed by atoms with Crippen molar-refractivity contribution in [2.75, 3.05) is 18.0 Å². The number of rotatable bonds is 9. The molecule has 0 bridgehead atoms. The number of unbranched alkanes of at least 4 members (excludes halogenated alkanes) is 6. The quantitative estimate of drug-likeness (QED) is 0.261. The van der Waals surface area contributed by atoms with E-state index in [-0.39, 0.29) is 28.4 Å². The van der Waals surface area contributed by atoms with Gasteiger partial charge in [0.1, 0.15) is 0 Å². The van der Waals surface area contributed by atoms with Crippen molar-refractivity contribution < 1.29 is 4.79 Å². The highest BCUT2D eigenvalue weighted by Crippen LogP contribution is 2.17. The number of aromatic nitrogens is 2. The number of nitrogen functional groups attached to an aromatic ring is 2. The van der Waals surface area contributed by atoms with E-state index in [1.807, 2.05) is 0 Å². The van der Waals surface area contributed by atoms with Crippen molar-refractivity contribution in [3.63, 3.8) is 0 Å². The van der Waals surface area contributed by atoms with E-state index in [2.05, 4.69) is 27.5 Å². The summed E-state index contributed by atoms with van der Waals surface area (Å²) < 4.78 is 0. The van der Waals surface area contributed by atoms with E-state index in [1.165, 1.54) is 32.1 Å². The second-order valence-electron chi connectivity index (χ2n) is 5.51. The predicted octanol–water partition coefficient (Wildman–Crippen LogP) is 2.30. The summed E-state index contributed by atoms with van der Waals surface area (Å²) in [4.78, 5) is 19.5. The molecule has 0 saturated heterocycles. The van der Waals surface area contributed by atoms with E-state index >= 15 is 0 Å². The molecule has 0 unspecified atom stereocenters. The third kappa shape index (κ3) is 6.99. The molecule has 7 N–H and O–H groups in total. The van der Waals surface area contributed by atoms with Gasteiger partial charge in [-0.15, -0.1) is 0 Å². The van der Waals surface area contributed by atoms with Crippen LogP contribution in [0.15, 0.2) is 0 Å². The molecule has 0 aliphatic heterocycles. The molecule has 1 aromatic rings. The lowest BCUT2D eigenvalue weighted by Gasteiger charge is -2.10. The van der Waals surface area contributed by atoms with Gasteiger partial charge in [0.15, 0.2) is 28.4 Å². The first-order chi connectivity index (χ1) is 11.5. The fraction of sp³-hybridized carbons (Fsp3) is 0.600.